The molecule has 0 saturated heterocycles. The second-order valence-corrected chi connectivity index (χ2v) is 10.3. The van der Waals surface area contributed by atoms with Gasteiger partial charge < -0.3 is 15.3 Å². The molecule has 178 valence electrons. The van der Waals surface area contributed by atoms with Crippen molar-refractivity contribution in [3.05, 3.63) is 41.3 Å². The second-order valence-electron chi connectivity index (χ2n) is 8.27. The molecule has 0 radical (unpaired) electrons. The van der Waals surface area contributed by atoms with Crippen LogP contribution in [0.4, 0.5) is 10.3 Å². The molecule has 1 aromatic carbocycles. The molecule has 32 heavy (non-hydrogen) atoms. The second kappa shape index (κ2) is 10.7. The van der Waals surface area contributed by atoms with Crippen LogP contribution in [-0.4, -0.2) is 59.2 Å². The number of anilines is 1. The lowest BCUT2D eigenvalue weighted by atomic mass is 9.91. The number of aliphatic hydroxyl groups excluding tert-OH is 3. The zero-order valence-corrected chi connectivity index (χ0v) is 19.8. The van der Waals surface area contributed by atoms with E-state index in [4.69, 9.17) is 0 Å². The molecule has 0 aliphatic carbocycles. The van der Waals surface area contributed by atoms with Crippen molar-refractivity contribution in [1.82, 2.24) is 9.97 Å². The predicted molar refractivity (Wildman–Crippen MR) is 121 cm³/mol. The Balaban J connectivity index is 2.67. The van der Waals surface area contributed by atoms with Crippen molar-refractivity contribution in [3.8, 4) is 11.3 Å². The fraction of sp³-hybridized carbons (Fsp3) is 0.545. The Morgan fingerprint density at radius 3 is 2.12 bits per heavy atom. The van der Waals surface area contributed by atoms with Crippen LogP contribution < -0.4 is 4.31 Å². The molecule has 1 unspecified atom stereocenters. The van der Waals surface area contributed by atoms with E-state index >= 15 is 0 Å². The third-order valence-corrected chi connectivity index (χ3v) is 6.41. The Hall–Kier alpha value is -2.14. The lowest BCUT2D eigenvalue weighted by molar-refractivity contribution is 0.0380. The number of aromatic nitrogens is 2. The number of sulfonamides is 1. The highest BCUT2D eigenvalue weighted by molar-refractivity contribution is 7.92. The lowest BCUT2D eigenvalue weighted by Crippen LogP contribution is -2.28. The minimum absolute atomic E-state index is 0.0738. The van der Waals surface area contributed by atoms with E-state index in [0.29, 0.717) is 23.2 Å². The summed E-state index contributed by atoms with van der Waals surface area (Å²) in [6, 6.07) is 5.46. The van der Waals surface area contributed by atoms with Gasteiger partial charge in [0.25, 0.3) is 0 Å². The minimum atomic E-state index is -3.65. The fourth-order valence-corrected chi connectivity index (χ4v) is 3.69. The highest BCUT2D eigenvalue weighted by Gasteiger charge is 2.28. The molecule has 0 aliphatic rings. The molecule has 1 heterocycles. The summed E-state index contributed by atoms with van der Waals surface area (Å²) < 4.78 is 38.7. The van der Waals surface area contributed by atoms with Gasteiger partial charge in [0.05, 0.1) is 36.0 Å². The Kier molecular flexibility index (Phi) is 8.69. The quantitative estimate of drug-likeness (QED) is 0.489. The number of rotatable bonds is 10. The fourth-order valence-electron chi connectivity index (χ4n) is 3.31. The van der Waals surface area contributed by atoms with Gasteiger partial charge in [0.1, 0.15) is 5.82 Å². The van der Waals surface area contributed by atoms with Crippen LogP contribution in [0.1, 0.15) is 63.3 Å². The summed E-state index contributed by atoms with van der Waals surface area (Å²) in [6.07, 6.45) is -1.33. The number of halogens is 1. The number of hydrogen-bond acceptors (Lipinski definition) is 7. The molecule has 0 bridgehead atoms. The molecule has 0 spiro atoms. The van der Waals surface area contributed by atoms with Crippen molar-refractivity contribution >= 4 is 16.0 Å². The van der Waals surface area contributed by atoms with Crippen LogP contribution in [0.2, 0.25) is 0 Å². The van der Waals surface area contributed by atoms with Gasteiger partial charge in [-0.2, -0.15) is 0 Å². The average molecular weight is 470 g/mol. The summed E-state index contributed by atoms with van der Waals surface area (Å²) >= 11 is 0. The van der Waals surface area contributed by atoms with E-state index in [-0.39, 0.29) is 30.4 Å². The molecule has 2 rings (SSSR count). The Morgan fingerprint density at radius 1 is 1.03 bits per heavy atom. The summed E-state index contributed by atoms with van der Waals surface area (Å²) in [5.41, 5.74) is 1.48. The number of benzene rings is 1. The highest BCUT2D eigenvalue weighted by Crippen LogP contribution is 2.36. The van der Waals surface area contributed by atoms with Crippen LogP contribution >= 0.6 is 0 Å². The molecule has 3 N–H and O–H groups in total. The third-order valence-electron chi connectivity index (χ3n) is 5.25. The normalized spacial score (nSPS) is 14.9. The molecule has 0 aliphatic heterocycles. The Bertz CT molecular complexity index is 1010. The van der Waals surface area contributed by atoms with E-state index in [9.17, 15) is 28.1 Å². The Labute approximate surface area is 188 Å². The van der Waals surface area contributed by atoms with E-state index in [0.717, 1.165) is 10.6 Å². The summed E-state index contributed by atoms with van der Waals surface area (Å²) in [4.78, 5) is 8.83. The molecule has 3 atom stereocenters. The monoisotopic (exact) mass is 469 g/mol. The zero-order valence-electron chi connectivity index (χ0n) is 19.0. The van der Waals surface area contributed by atoms with Gasteiger partial charge in [0.15, 0.2) is 0 Å². The molecule has 1 aromatic heterocycles. The Morgan fingerprint density at radius 2 is 1.62 bits per heavy atom. The first kappa shape index (κ1) is 26.1. The first-order chi connectivity index (χ1) is 14.8. The maximum atomic E-state index is 13.5. The standard InChI is InChI=1S/C22H32FN3O5S/c1-6-16(27)11-17(28)12-18(29)19-20(13(2)3)24-22(26(4)32(5,30)31)25-21(19)14-7-9-15(23)10-8-14/h7-10,13,16-18,27-29H,6,11-12H2,1-5H3/t16-,17-,18?/m0/s1. The molecule has 0 fully saturated rings. The smallest absolute Gasteiger partial charge is 0.239 e. The summed E-state index contributed by atoms with van der Waals surface area (Å²) in [7, 11) is -2.33. The van der Waals surface area contributed by atoms with Gasteiger partial charge in [0, 0.05) is 24.6 Å². The first-order valence-electron chi connectivity index (χ1n) is 10.5. The first-order valence-corrected chi connectivity index (χ1v) is 12.4. The maximum absolute atomic E-state index is 13.5. The zero-order chi connectivity index (χ0) is 24.2. The highest BCUT2D eigenvalue weighted by atomic mass is 32.2. The van der Waals surface area contributed by atoms with E-state index in [1.54, 1.807) is 6.92 Å². The molecule has 2 aromatic rings. The average Bonchev–Trinajstić information content (AvgIpc) is 2.71. The van der Waals surface area contributed by atoms with Crippen molar-refractivity contribution in [1.29, 1.82) is 0 Å². The largest absolute Gasteiger partial charge is 0.393 e. The summed E-state index contributed by atoms with van der Waals surface area (Å²) in [5, 5.41) is 31.2. The van der Waals surface area contributed by atoms with Crippen molar-refractivity contribution in [2.24, 2.45) is 0 Å². The van der Waals surface area contributed by atoms with Gasteiger partial charge in [-0.15, -0.1) is 0 Å². The van der Waals surface area contributed by atoms with Gasteiger partial charge in [0.2, 0.25) is 16.0 Å². The van der Waals surface area contributed by atoms with Crippen molar-refractivity contribution < 1.29 is 28.1 Å². The van der Waals surface area contributed by atoms with Gasteiger partial charge >= 0.3 is 0 Å². The maximum Gasteiger partial charge on any atom is 0.239 e. The molecule has 0 saturated carbocycles. The van der Waals surface area contributed by atoms with Crippen LogP contribution in [0, 0.1) is 5.82 Å². The number of hydrogen-bond donors (Lipinski definition) is 3. The van der Waals surface area contributed by atoms with Gasteiger partial charge in [-0.25, -0.2) is 27.1 Å². The molecular weight excluding hydrogens is 437 g/mol. The summed E-state index contributed by atoms with van der Waals surface area (Å²) in [6.45, 7) is 5.48. The van der Waals surface area contributed by atoms with E-state index in [1.807, 2.05) is 13.8 Å². The van der Waals surface area contributed by atoms with Crippen LogP contribution in [0.5, 0.6) is 0 Å². The number of aliphatic hydroxyl groups is 3. The van der Waals surface area contributed by atoms with Crippen molar-refractivity contribution in [2.45, 2.75) is 64.3 Å². The summed E-state index contributed by atoms with van der Waals surface area (Å²) in [5.74, 6) is -0.744. The SMILES string of the molecule is CC[C@H](O)C[C@H](O)CC(O)c1c(-c2ccc(F)cc2)nc(N(C)S(C)(=O)=O)nc1C(C)C. The van der Waals surface area contributed by atoms with Crippen LogP contribution in [0.3, 0.4) is 0 Å². The van der Waals surface area contributed by atoms with Crippen molar-refractivity contribution in [2.75, 3.05) is 17.6 Å². The van der Waals surface area contributed by atoms with Gasteiger partial charge in [-0.3, -0.25) is 0 Å². The number of nitrogens with zero attached hydrogens (tertiary/aromatic N) is 3. The molecular formula is C22H32FN3O5S. The predicted octanol–water partition coefficient (Wildman–Crippen LogP) is 2.75. The van der Waals surface area contributed by atoms with Crippen LogP contribution in [0.25, 0.3) is 11.3 Å². The van der Waals surface area contributed by atoms with Gasteiger partial charge in [-0.05, 0) is 43.0 Å². The van der Waals surface area contributed by atoms with Crippen molar-refractivity contribution in [3.63, 3.8) is 0 Å². The molecule has 8 nitrogen and oxygen atoms in total. The van der Waals surface area contributed by atoms with Crippen LogP contribution in [-0.2, 0) is 10.0 Å². The van der Waals surface area contributed by atoms with E-state index in [2.05, 4.69) is 9.97 Å². The third kappa shape index (κ3) is 6.44. The molecule has 0 amide bonds. The minimum Gasteiger partial charge on any atom is -0.393 e. The molecule has 10 heteroatoms. The van der Waals surface area contributed by atoms with E-state index in [1.165, 1.54) is 31.3 Å². The lowest BCUT2D eigenvalue weighted by Gasteiger charge is -2.25. The van der Waals surface area contributed by atoms with E-state index < -0.39 is 34.2 Å². The van der Waals surface area contributed by atoms with Gasteiger partial charge in [-0.1, -0.05) is 20.8 Å². The topological polar surface area (TPSA) is 124 Å². The van der Waals surface area contributed by atoms with Crippen LogP contribution in [0.15, 0.2) is 24.3 Å².